The van der Waals surface area contributed by atoms with Crippen LogP contribution >= 0.6 is 11.6 Å². The number of rotatable bonds is 5. The van der Waals surface area contributed by atoms with Gasteiger partial charge in [0, 0.05) is 13.1 Å². The van der Waals surface area contributed by atoms with E-state index in [1.165, 1.54) is 16.4 Å². The summed E-state index contributed by atoms with van der Waals surface area (Å²) in [6.45, 7) is 3.94. The number of alkyl halides is 3. The smallest absolute Gasteiger partial charge is 0.324 e. The number of carbonyl (C=O) groups is 1. The monoisotopic (exact) mass is 536 g/mol. The van der Waals surface area contributed by atoms with Crippen LogP contribution in [-0.4, -0.2) is 25.2 Å². The molecule has 0 atom stereocenters. The SMILES string of the molecule is Cc1ccc(C)c(S(=O)(=O)N2CCc3c(ccc(Cl)c3NC(=O)Cc3ccc(C(F)(F)F)cc3)C2)c1. The van der Waals surface area contributed by atoms with Crippen LogP contribution in [0.15, 0.2) is 59.5 Å². The largest absolute Gasteiger partial charge is 0.416 e. The Hall–Kier alpha value is -2.88. The van der Waals surface area contributed by atoms with E-state index in [0.717, 1.165) is 28.8 Å². The third-order valence-corrected chi connectivity index (χ3v) is 8.49. The molecule has 1 N–H and O–H groups in total. The van der Waals surface area contributed by atoms with Crippen molar-refractivity contribution in [1.82, 2.24) is 4.31 Å². The zero-order valence-corrected chi connectivity index (χ0v) is 21.2. The van der Waals surface area contributed by atoms with Crippen molar-refractivity contribution in [2.75, 3.05) is 11.9 Å². The van der Waals surface area contributed by atoms with Crippen molar-refractivity contribution >= 4 is 33.2 Å². The van der Waals surface area contributed by atoms with Gasteiger partial charge in [-0.15, -0.1) is 0 Å². The lowest BCUT2D eigenvalue weighted by Gasteiger charge is -2.30. The maximum atomic E-state index is 13.3. The Morgan fingerprint density at radius 2 is 1.75 bits per heavy atom. The molecular formula is C26H24ClF3N2O3S. The minimum atomic E-state index is -4.45. The molecule has 3 aromatic rings. The number of nitrogens with one attached hydrogen (secondary N) is 1. The van der Waals surface area contributed by atoms with Crippen LogP contribution in [0.1, 0.15) is 33.4 Å². The summed E-state index contributed by atoms with van der Waals surface area (Å²) in [5, 5.41) is 3.08. The Morgan fingerprint density at radius 3 is 2.42 bits per heavy atom. The Kier molecular flexibility index (Phi) is 7.19. The molecule has 0 aliphatic carbocycles. The lowest BCUT2D eigenvalue weighted by Crippen LogP contribution is -2.36. The van der Waals surface area contributed by atoms with E-state index < -0.39 is 27.7 Å². The van der Waals surface area contributed by atoms with Crippen molar-refractivity contribution in [1.29, 1.82) is 0 Å². The summed E-state index contributed by atoms with van der Waals surface area (Å²) in [5.74, 6) is -0.435. The normalized spacial score (nSPS) is 14.4. The quantitative estimate of drug-likeness (QED) is 0.441. The molecule has 1 heterocycles. The van der Waals surface area contributed by atoms with Crippen LogP contribution in [0, 0.1) is 13.8 Å². The highest BCUT2D eigenvalue weighted by molar-refractivity contribution is 7.89. The van der Waals surface area contributed by atoms with Crippen LogP contribution in [0.4, 0.5) is 18.9 Å². The number of hydrogen-bond donors (Lipinski definition) is 1. The average Bonchev–Trinajstić information content (AvgIpc) is 2.82. The number of benzene rings is 3. The fourth-order valence-corrected chi connectivity index (χ4v) is 6.20. The molecule has 190 valence electrons. The molecule has 0 unspecified atom stereocenters. The first-order valence-electron chi connectivity index (χ1n) is 11.2. The minimum Gasteiger partial charge on any atom is -0.324 e. The second-order valence-electron chi connectivity index (χ2n) is 8.84. The molecule has 1 aliphatic heterocycles. The standard InChI is InChI=1S/C26H24ClF3N2O3S/c1-16-3-4-17(2)23(13-16)36(34,35)32-12-11-21-19(15-32)7-10-22(27)25(21)31-24(33)14-18-5-8-20(9-6-18)26(28,29)30/h3-10,13H,11-12,14-15H2,1-2H3,(H,31,33). The number of amides is 1. The summed E-state index contributed by atoms with van der Waals surface area (Å²) < 4.78 is 66.4. The molecule has 10 heteroatoms. The van der Waals surface area contributed by atoms with E-state index in [4.69, 9.17) is 11.6 Å². The molecule has 0 saturated heterocycles. The number of nitrogens with zero attached hydrogens (tertiary/aromatic N) is 1. The predicted molar refractivity (Wildman–Crippen MR) is 132 cm³/mol. The van der Waals surface area contributed by atoms with Crippen LogP contribution in [0.2, 0.25) is 5.02 Å². The van der Waals surface area contributed by atoms with Crippen molar-refractivity contribution in [3.05, 3.63) is 93.0 Å². The number of sulfonamides is 1. The van der Waals surface area contributed by atoms with Crippen LogP contribution < -0.4 is 5.32 Å². The van der Waals surface area contributed by atoms with E-state index >= 15 is 0 Å². The van der Waals surface area contributed by atoms with Crippen LogP contribution in [0.5, 0.6) is 0 Å². The fraction of sp³-hybridized carbons (Fsp3) is 0.269. The number of fused-ring (bicyclic) bond motifs is 1. The van der Waals surface area contributed by atoms with Crippen molar-refractivity contribution < 1.29 is 26.4 Å². The zero-order chi connectivity index (χ0) is 26.3. The Balaban J connectivity index is 1.53. The van der Waals surface area contributed by atoms with Gasteiger partial charge in [0.2, 0.25) is 15.9 Å². The Bertz CT molecular complexity index is 1420. The van der Waals surface area contributed by atoms with Gasteiger partial charge in [-0.2, -0.15) is 17.5 Å². The first-order valence-corrected chi connectivity index (χ1v) is 13.0. The van der Waals surface area contributed by atoms with Gasteiger partial charge in [0.1, 0.15) is 0 Å². The number of halogens is 4. The average molecular weight is 537 g/mol. The van der Waals surface area contributed by atoms with E-state index in [-0.39, 0.29) is 24.4 Å². The fourth-order valence-electron chi connectivity index (χ4n) is 4.25. The molecule has 0 spiro atoms. The molecule has 36 heavy (non-hydrogen) atoms. The van der Waals surface area contributed by atoms with Gasteiger partial charge >= 0.3 is 6.18 Å². The zero-order valence-electron chi connectivity index (χ0n) is 19.6. The van der Waals surface area contributed by atoms with Gasteiger partial charge in [0.25, 0.3) is 0 Å². The van der Waals surface area contributed by atoms with Gasteiger partial charge in [0.05, 0.1) is 27.6 Å². The lowest BCUT2D eigenvalue weighted by molar-refractivity contribution is -0.137. The second-order valence-corrected chi connectivity index (χ2v) is 11.2. The second kappa shape index (κ2) is 9.88. The molecule has 0 aromatic heterocycles. The van der Waals surface area contributed by atoms with Gasteiger partial charge in [-0.1, -0.05) is 41.9 Å². The first-order chi connectivity index (χ1) is 16.9. The topological polar surface area (TPSA) is 66.5 Å². The summed E-state index contributed by atoms with van der Waals surface area (Å²) in [5.41, 5.74) is 3.02. The predicted octanol–water partition coefficient (Wildman–Crippen LogP) is 5.90. The molecule has 1 aliphatic rings. The maximum Gasteiger partial charge on any atom is 0.416 e. The summed E-state index contributed by atoms with van der Waals surface area (Å²) >= 11 is 6.37. The van der Waals surface area contributed by atoms with Crippen LogP contribution in [-0.2, 0) is 40.4 Å². The van der Waals surface area contributed by atoms with Gasteiger partial charge in [0.15, 0.2) is 0 Å². The molecule has 5 nitrogen and oxygen atoms in total. The Morgan fingerprint density at radius 1 is 1.06 bits per heavy atom. The van der Waals surface area contributed by atoms with Crippen LogP contribution in [0.3, 0.4) is 0 Å². The van der Waals surface area contributed by atoms with Gasteiger partial charge < -0.3 is 5.32 Å². The van der Waals surface area contributed by atoms with Crippen molar-refractivity contribution in [3.63, 3.8) is 0 Å². The highest BCUT2D eigenvalue weighted by atomic mass is 35.5. The van der Waals surface area contributed by atoms with E-state index in [1.54, 1.807) is 31.2 Å². The molecule has 4 rings (SSSR count). The molecular weight excluding hydrogens is 513 g/mol. The van der Waals surface area contributed by atoms with Crippen LogP contribution in [0.25, 0.3) is 0 Å². The van der Waals surface area contributed by atoms with E-state index in [1.807, 2.05) is 13.0 Å². The third-order valence-electron chi connectivity index (χ3n) is 6.19. The number of carbonyl (C=O) groups excluding carboxylic acids is 1. The van der Waals surface area contributed by atoms with Crippen molar-refractivity contribution in [2.45, 2.75) is 44.3 Å². The first kappa shape index (κ1) is 26.2. The highest BCUT2D eigenvalue weighted by Crippen LogP contribution is 2.35. The molecule has 1 amide bonds. The summed E-state index contributed by atoms with van der Waals surface area (Å²) in [4.78, 5) is 12.9. The molecule has 0 radical (unpaired) electrons. The van der Waals surface area contributed by atoms with E-state index in [0.29, 0.717) is 28.3 Å². The Labute approximate surface area is 212 Å². The van der Waals surface area contributed by atoms with Crippen molar-refractivity contribution in [2.24, 2.45) is 0 Å². The van der Waals surface area contributed by atoms with Gasteiger partial charge in [-0.3, -0.25) is 4.79 Å². The molecule has 0 bridgehead atoms. The summed E-state index contributed by atoms with van der Waals surface area (Å²) in [7, 11) is -3.73. The molecule has 3 aromatic carbocycles. The minimum absolute atomic E-state index is 0.129. The maximum absolute atomic E-state index is 13.3. The third kappa shape index (κ3) is 5.43. The lowest BCUT2D eigenvalue weighted by atomic mass is 9.98. The summed E-state index contributed by atoms with van der Waals surface area (Å²) in [6, 6.07) is 13.0. The summed E-state index contributed by atoms with van der Waals surface area (Å²) in [6.07, 6.45) is -4.24. The van der Waals surface area contributed by atoms with E-state index in [9.17, 15) is 26.4 Å². The molecule has 0 fully saturated rings. The van der Waals surface area contributed by atoms with Crippen molar-refractivity contribution in [3.8, 4) is 0 Å². The van der Waals surface area contributed by atoms with E-state index in [2.05, 4.69) is 5.32 Å². The number of anilines is 1. The van der Waals surface area contributed by atoms with Gasteiger partial charge in [-0.05, 0) is 72.4 Å². The molecule has 0 saturated carbocycles. The van der Waals surface area contributed by atoms with Gasteiger partial charge in [-0.25, -0.2) is 8.42 Å². The number of aryl methyl sites for hydroxylation is 2. The highest BCUT2D eigenvalue weighted by Gasteiger charge is 2.32. The number of hydrogen-bond acceptors (Lipinski definition) is 3.